The molecular weight excluding hydrogens is 220 g/mol. The van der Waals surface area contributed by atoms with Crippen molar-refractivity contribution < 1.29 is 0 Å². The largest absolute Gasteiger partial charge is 0.281 e. The smallest absolute Gasteiger partial charge is 0.0952 e. The van der Waals surface area contributed by atoms with Crippen molar-refractivity contribution in [2.45, 2.75) is 44.9 Å². The highest BCUT2D eigenvalue weighted by Gasteiger charge is 2.21. The highest BCUT2D eigenvalue weighted by molar-refractivity contribution is 5.63. The molecule has 2 nitrogen and oxygen atoms in total. The van der Waals surface area contributed by atoms with Gasteiger partial charge in [0.15, 0.2) is 0 Å². The van der Waals surface area contributed by atoms with Crippen molar-refractivity contribution in [3.05, 3.63) is 41.6 Å². The van der Waals surface area contributed by atoms with Gasteiger partial charge < -0.3 is 0 Å². The number of hydrogen-bond donors (Lipinski definition) is 1. The number of aromatic nitrogens is 2. The third-order valence-electron chi connectivity index (χ3n) is 4.11. The first kappa shape index (κ1) is 11.5. The number of rotatable bonds is 2. The molecule has 18 heavy (non-hydrogen) atoms. The van der Waals surface area contributed by atoms with E-state index in [2.05, 4.69) is 41.4 Å². The van der Waals surface area contributed by atoms with E-state index < -0.39 is 0 Å². The van der Waals surface area contributed by atoms with Gasteiger partial charge in [-0.3, -0.25) is 5.10 Å². The molecule has 1 aromatic carbocycles. The van der Waals surface area contributed by atoms with Crippen LogP contribution >= 0.6 is 0 Å². The first-order valence-corrected chi connectivity index (χ1v) is 6.96. The average molecular weight is 240 g/mol. The van der Waals surface area contributed by atoms with Crippen LogP contribution in [0.3, 0.4) is 0 Å². The molecule has 1 N–H and O–H groups in total. The van der Waals surface area contributed by atoms with E-state index in [-0.39, 0.29) is 0 Å². The lowest BCUT2D eigenvalue weighted by Crippen LogP contribution is -2.06. The predicted molar refractivity (Wildman–Crippen MR) is 74.6 cm³/mol. The minimum atomic E-state index is 0.698. The summed E-state index contributed by atoms with van der Waals surface area (Å²) in [5.74, 6) is 0.698. The molecule has 1 saturated carbocycles. The van der Waals surface area contributed by atoms with Crippen LogP contribution in [0.1, 0.15) is 49.3 Å². The van der Waals surface area contributed by atoms with E-state index in [1.54, 1.807) is 0 Å². The summed E-state index contributed by atoms with van der Waals surface area (Å²) in [7, 11) is 0. The van der Waals surface area contributed by atoms with Crippen molar-refractivity contribution in [3.63, 3.8) is 0 Å². The highest BCUT2D eigenvalue weighted by atomic mass is 15.1. The Hall–Kier alpha value is -1.57. The molecule has 1 aromatic heterocycles. The third kappa shape index (κ3) is 2.07. The maximum atomic E-state index is 4.54. The molecule has 1 heterocycles. The standard InChI is InChI=1S/C16H20N2/c1-12-15(13-8-4-2-5-9-13)17-18-16(12)14-10-6-3-7-11-14/h2,4-5,8-9,14H,3,6-7,10-11H2,1H3,(H,17,18). The summed E-state index contributed by atoms with van der Waals surface area (Å²) in [6.45, 7) is 2.20. The number of nitrogens with zero attached hydrogens (tertiary/aromatic N) is 1. The summed E-state index contributed by atoms with van der Waals surface area (Å²) >= 11 is 0. The molecule has 0 aliphatic heterocycles. The first-order valence-electron chi connectivity index (χ1n) is 6.96. The Kier molecular flexibility index (Phi) is 3.18. The third-order valence-corrected chi connectivity index (χ3v) is 4.11. The molecule has 2 heteroatoms. The van der Waals surface area contributed by atoms with Gasteiger partial charge in [0.1, 0.15) is 0 Å². The van der Waals surface area contributed by atoms with Crippen molar-refractivity contribution in [3.8, 4) is 11.3 Å². The van der Waals surface area contributed by atoms with Gasteiger partial charge in [-0.25, -0.2) is 0 Å². The fourth-order valence-electron chi connectivity index (χ4n) is 3.08. The molecule has 0 saturated heterocycles. The van der Waals surface area contributed by atoms with Gasteiger partial charge in [-0.2, -0.15) is 5.10 Å². The average Bonchev–Trinajstić information content (AvgIpc) is 2.83. The Morgan fingerprint density at radius 3 is 2.50 bits per heavy atom. The molecule has 94 valence electrons. The van der Waals surface area contributed by atoms with Gasteiger partial charge in [0.25, 0.3) is 0 Å². The van der Waals surface area contributed by atoms with Crippen molar-refractivity contribution in [1.29, 1.82) is 0 Å². The molecule has 1 aliphatic rings. The summed E-state index contributed by atoms with van der Waals surface area (Å²) in [5, 5.41) is 7.83. The summed E-state index contributed by atoms with van der Waals surface area (Å²) in [5.41, 5.74) is 5.05. The second-order valence-electron chi connectivity index (χ2n) is 5.31. The van der Waals surface area contributed by atoms with Gasteiger partial charge in [0.2, 0.25) is 0 Å². The second-order valence-corrected chi connectivity index (χ2v) is 5.31. The lowest BCUT2D eigenvalue weighted by atomic mass is 9.85. The Morgan fingerprint density at radius 1 is 1.06 bits per heavy atom. The zero-order chi connectivity index (χ0) is 12.4. The topological polar surface area (TPSA) is 28.7 Å². The van der Waals surface area contributed by atoms with Crippen LogP contribution < -0.4 is 0 Å². The molecule has 0 radical (unpaired) electrons. The van der Waals surface area contributed by atoms with E-state index in [9.17, 15) is 0 Å². The minimum absolute atomic E-state index is 0.698. The van der Waals surface area contributed by atoms with Crippen molar-refractivity contribution in [2.24, 2.45) is 0 Å². The van der Waals surface area contributed by atoms with E-state index in [0.717, 1.165) is 5.69 Å². The van der Waals surface area contributed by atoms with Gasteiger partial charge in [-0.05, 0) is 25.3 Å². The van der Waals surface area contributed by atoms with Crippen LogP contribution in [0, 0.1) is 6.92 Å². The van der Waals surface area contributed by atoms with Gasteiger partial charge in [-0.1, -0.05) is 49.6 Å². The van der Waals surface area contributed by atoms with Crippen molar-refractivity contribution >= 4 is 0 Å². The van der Waals surface area contributed by atoms with Gasteiger partial charge in [-0.15, -0.1) is 0 Å². The van der Waals surface area contributed by atoms with Crippen LogP contribution in [0.4, 0.5) is 0 Å². The molecule has 1 fully saturated rings. The van der Waals surface area contributed by atoms with Crippen LogP contribution in [-0.2, 0) is 0 Å². The minimum Gasteiger partial charge on any atom is -0.281 e. The maximum absolute atomic E-state index is 4.54. The molecule has 3 rings (SSSR count). The Balaban J connectivity index is 1.92. The molecule has 0 bridgehead atoms. The summed E-state index contributed by atoms with van der Waals surface area (Å²) in [4.78, 5) is 0. The van der Waals surface area contributed by atoms with Gasteiger partial charge in [0, 0.05) is 17.2 Å². The molecule has 0 unspecified atom stereocenters. The van der Waals surface area contributed by atoms with E-state index in [4.69, 9.17) is 0 Å². The predicted octanol–water partition coefficient (Wildman–Crippen LogP) is 4.43. The lowest BCUT2D eigenvalue weighted by molar-refractivity contribution is 0.435. The first-order chi connectivity index (χ1) is 8.86. The number of nitrogens with one attached hydrogen (secondary N) is 1. The summed E-state index contributed by atoms with van der Waals surface area (Å²) < 4.78 is 0. The summed E-state index contributed by atoms with van der Waals surface area (Å²) in [6, 6.07) is 10.5. The zero-order valence-electron chi connectivity index (χ0n) is 10.9. The normalized spacial score (nSPS) is 16.9. The fraction of sp³-hybridized carbons (Fsp3) is 0.438. The zero-order valence-corrected chi connectivity index (χ0v) is 10.9. The van der Waals surface area contributed by atoms with Crippen LogP contribution in [0.5, 0.6) is 0 Å². The second kappa shape index (κ2) is 4.97. The number of aromatic amines is 1. The van der Waals surface area contributed by atoms with Crippen LogP contribution in [0.2, 0.25) is 0 Å². The SMILES string of the molecule is Cc1c(-c2ccccc2)n[nH]c1C1CCCCC1. The molecule has 0 amide bonds. The molecule has 0 atom stereocenters. The van der Waals surface area contributed by atoms with Gasteiger partial charge in [0.05, 0.1) is 5.69 Å². The van der Waals surface area contributed by atoms with E-state index in [1.165, 1.54) is 48.9 Å². The molecular formula is C16H20N2. The number of H-pyrrole nitrogens is 1. The van der Waals surface area contributed by atoms with Crippen LogP contribution in [0.15, 0.2) is 30.3 Å². The van der Waals surface area contributed by atoms with Crippen LogP contribution in [-0.4, -0.2) is 10.2 Å². The number of benzene rings is 1. The Labute approximate surface area is 108 Å². The van der Waals surface area contributed by atoms with Crippen molar-refractivity contribution in [2.75, 3.05) is 0 Å². The highest BCUT2D eigenvalue weighted by Crippen LogP contribution is 2.35. The quantitative estimate of drug-likeness (QED) is 0.826. The maximum Gasteiger partial charge on any atom is 0.0952 e. The van der Waals surface area contributed by atoms with E-state index in [1.807, 2.05) is 6.07 Å². The number of hydrogen-bond acceptors (Lipinski definition) is 1. The lowest BCUT2D eigenvalue weighted by Gasteiger charge is -2.20. The van der Waals surface area contributed by atoms with Crippen molar-refractivity contribution in [1.82, 2.24) is 10.2 Å². The fourth-order valence-corrected chi connectivity index (χ4v) is 3.08. The Bertz CT molecular complexity index is 507. The molecule has 0 spiro atoms. The summed E-state index contributed by atoms with van der Waals surface area (Å²) in [6.07, 6.45) is 6.76. The van der Waals surface area contributed by atoms with E-state index in [0.29, 0.717) is 5.92 Å². The molecule has 1 aliphatic carbocycles. The van der Waals surface area contributed by atoms with Gasteiger partial charge >= 0.3 is 0 Å². The van der Waals surface area contributed by atoms with E-state index >= 15 is 0 Å². The Morgan fingerprint density at radius 2 is 1.78 bits per heavy atom. The van der Waals surface area contributed by atoms with Crippen LogP contribution in [0.25, 0.3) is 11.3 Å². The molecule has 2 aromatic rings. The monoisotopic (exact) mass is 240 g/mol.